The number of rotatable bonds is 2. The molecule has 0 amide bonds. The number of nitrogens with one attached hydrogen (secondary N) is 1. The van der Waals surface area contributed by atoms with Gasteiger partial charge in [0.25, 0.3) is 0 Å². The van der Waals surface area contributed by atoms with Crippen LogP contribution in [0.3, 0.4) is 0 Å². The molecular formula is C10H21NO. The molecule has 0 aromatic rings. The van der Waals surface area contributed by atoms with Crippen molar-refractivity contribution in [2.24, 2.45) is 5.92 Å². The van der Waals surface area contributed by atoms with Crippen LogP contribution in [0.25, 0.3) is 0 Å². The lowest BCUT2D eigenvalue weighted by molar-refractivity contribution is 0.225. The van der Waals surface area contributed by atoms with E-state index in [4.69, 9.17) is 5.11 Å². The first-order valence-electron chi connectivity index (χ1n) is 4.90. The van der Waals surface area contributed by atoms with Crippen molar-refractivity contribution in [3.63, 3.8) is 0 Å². The summed E-state index contributed by atoms with van der Waals surface area (Å²) in [7, 11) is 0. The van der Waals surface area contributed by atoms with Crippen molar-refractivity contribution in [3.8, 4) is 0 Å². The molecule has 1 aliphatic rings. The molecule has 0 radical (unpaired) electrons. The van der Waals surface area contributed by atoms with E-state index in [0.29, 0.717) is 18.6 Å². The molecule has 12 heavy (non-hydrogen) atoms. The molecule has 0 aliphatic heterocycles. The van der Waals surface area contributed by atoms with Crippen LogP contribution in [0.2, 0.25) is 0 Å². The van der Waals surface area contributed by atoms with Crippen LogP contribution in [0.15, 0.2) is 0 Å². The van der Waals surface area contributed by atoms with Gasteiger partial charge in [-0.1, -0.05) is 0 Å². The summed E-state index contributed by atoms with van der Waals surface area (Å²) in [6, 6.07) is 0.627. The Kier molecular flexibility index (Phi) is 3.13. The van der Waals surface area contributed by atoms with Crippen LogP contribution in [-0.2, 0) is 0 Å². The van der Waals surface area contributed by atoms with Crippen LogP contribution in [0.4, 0.5) is 0 Å². The highest BCUT2D eigenvalue weighted by Gasteiger charge is 2.26. The van der Waals surface area contributed by atoms with Crippen LogP contribution in [0.1, 0.15) is 40.0 Å². The molecule has 1 fully saturated rings. The molecule has 2 heteroatoms. The Bertz CT molecular complexity index is 139. The highest BCUT2D eigenvalue weighted by molar-refractivity contribution is 4.85. The van der Waals surface area contributed by atoms with Crippen molar-refractivity contribution in [1.82, 2.24) is 5.32 Å². The molecule has 0 aromatic carbocycles. The Morgan fingerprint density at radius 1 is 1.33 bits per heavy atom. The molecule has 1 saturated carbocycles. The third-order valence-electron chi connectivity index (χ3n) is 2.44. The Labute approximate surface area is 75.4 Å². The molecule has 0 saturated heterocycles. The van der Waals surface area contributed by atoms with E-state index in [1.165, 1.54) is 12.8 Å². The zero-order valence-electron chi connectivity index (χ0n) is 8.43. The van der Waals surface area contributed by atoms with Crippen molar-refractivity contribution in [1.29, 1.82) is 0 Å². The molecule has 0 spiro atoms. The molecule has 72 valence electrons. The second-order valence-corrected chi connectivity index (χ2v) is 4.95. The molecular weight excluding hydrogens is 150 g/mol. The van der Waals surface area contributed by atoms with Crippen molar-refractivity contribution >= 4 is 0 Å². The number of hydrogen-bond acceptors (Lipinski definition) is 2. The molecule has 1 rings (SSSR count). The third kappa shape index (κ3) is 3.11. The minimum absolute atomic E-state index is 0.217. The van der Waals surface area contributed by atoms with Gasteiger partial charge in [-0.2, -0.15) is 0 Å². The predicted octanol–water partition coefficient (Wildman–Crippen LogP) is 1.54. The van der Waals surface area contributed by atoms with E-state index in [1.54, 1.807) is 0 Å². The summed E-state index contributed by atoms with van der Waals surface area (Å²) in [5, 5.41) is 12.5. The second kappa shape index (κ2) is 3.75. The Morgan fingerprint density at radius 3 is 2.42 bits per heavy atom. The Morgan fingerprint density at radius 2 is 2.00 bits per heavy atom. The van der Waals surface area contributed by atoms with E-state index in [1.807, 2.05) is 0 Å². The lowest BCUT2D eigenvalue weighted by Gasteiger charge is -2.25. The van der Waals surface area contributed by atoms with Crippen molar-refractivity contribution in [3.05, 3.63) is 0 Å². The average Bonchev–Trinajstić information content (AvgIpc) is 2.32. The van der Waals surface area contributed by atoms with E-state index in [0.717, 1.165) is 6.42 Å². The monoisotopic (exact) mass is 171 g/mol. The second-order valence-electron chi connectivity index (χ2n) is 4.95. The lowest BCUT2D eigenvalue weighted by atomic mass is 10.1. The summed E-state index contributed by atoms with van der Waals surface area (Å²) < 4.78 is 0. The van der Waals surface area contributed by atoms with E-state index in [9.17, 15) is 0 Å². The minimum atomic E-state index is 0.217. The van der Waals surface area contributed by atoms with Crippen LogP contribution >= 0.6 is 0 Å². The van der Waals surface area contributed by atoms with E-state index in [-0.39, 0.29) is 5.54 Å². The molecule has 1 aliphatic carbocycles. The zero-order valence-corrected chi connectivity index (χ0v) is 8.43. The van der Waals surface area contributed by atoms with Gasteiger partial charge in [-0.05, 0) is 46.0 Å². The summed E-state index contributed by atoms with van der Waals surface area (Å²) in [5.74, 6) is 0.546. The Hall–Kier alpha value is -0.0800. The minimum Gasteiger partial charge on any atom is -0.396 e. The smallest absolute Gasteiger partial charge is 0.0459 e. The van der Waals surface area contributed by atoms with Gasteiger partial charge in [-0.15, -0.1) is 0 Å². The maximum absolute atomic E-state index is 8.95. The van der Waals surface area contributed by atoms with Gasteiger partial charge >= 0.3 is 0 Å². The van der Waals surface area contributed by atoms with Gasteiger partial charge in [0, 0.05) is 18.2 Å². The van der Waals surface area contributed by atoms with Crippen LogP contribution in [0, 0.1) is 5.92 Å². The first-order valence-corrected chi connectivity index (χ1v) is 4.90. The van der Waals surface area contributed by atoms with Crippen molar-refractivity contribution in [2.45, 2.75) is 51.6 Å². The Balaban J connectivity index is 2.28. The lowest BCUT2D eigenvalue weighted by Crippen LogP contribution is -2.42. The predicted molar refractivity (Wildman–Crippen MR) is 51.1 cm³/mol. The molecule has 0 bridgehead atoms. The van der Waals surface area contributed by atoms with E-state index >= 15 is 0 Å². The van der Waals surface area contributed by atoms with E-state index < -0.39 is 0 Å². The molecule has 0 aromatic heterocycles. The topological polar surface area (TPSA) is 32.3 Å². The van der Waals surface area contributed by atoms with Gasteiger partial charge < -0.3 is 10.4 Å². The van der Waals surface area contributed by atoms with E-state index in [2.05, 4.69) is 26.1 Å². The van der Waals surface area contributed by atoms with Gasteiger partial charge in [0.2, 0.25) is 0 Å². The third-order valence-corrected chi connectivity index (χ3v) is 2.44. The van der Waals surface area contributed by atoms with Gasteiger partial charge in [0.05, 0.1) is 0 Å². The van der Waals surface area contributed by atoms with Gasteiger partial charge in [-0.3, -0.25) is 0 Å². The van der Waals surface area contributed by atoms with Gasteiger partial charge in [0.1, 0.15) is 0 Å². The number of aliphatic hydroxyl groups excluding tert-OH is 1. The van der Waals surface area contributed by atoms with Crippen LogP contribution in [0.5, 0.6) is 0 Å². The fourth-order valence-corrected chi connectivity index (χ4v) is 1.98. The highest BCUT2D eigenvalue weighted by atomic mass is 16.3. The standard InChI is InChI=1S/C10H21NO/c1-10(2,3)11-9-5-4-8(6-9)7-12/h8-9,11-12H,4-7H2,1-3H3/t8-,9+/m0/s1. The maximum atomic E-state index is 8.95. The highest BCUT2D eigenvalue weighted by Crippen LogP contribution is 2.26. The zero-order chi connectivity index (χ0) is 9.19. The maximum Gasteiger partial charge on any atom is 0.0459 e. The first-order chi connectivity index (χ1) is 5.51. The fourth-order valence-electron chi connectivity index (χ4n) is 1.98. The number of aliphatic hydroxyl groups is 1. The van der Waals surface area contributed by atoms with Crippen LogP contribution in [-0.4, -0.2) is 23.3 Å². The van der Waals surface area contributed by atoms with Crippen molar-refractivity contribution in [2.75, 3.05) is 6.61 Å². The summed E-state index contributed by atoms with van der Waals surface area (Å²) >= 11 is 0. The normalized spacial score (nSPS) is 31.0. The fraction of sp³-hybridized carbons (Fsp3) is 1.00. The van der Waals surface area contributed by atoms with Gasteiger partial charge in [-0.25, -0.2) is 0 Å². The SMILES string of the molecule is CC(C)(C)N[C@@H]1CC[C@H](CO)C1. The van der Waals surface area contributed by atoms with Crippen LogP contribution < -0.4 is 5.32 Å². The number of hydrogen-bond donors (Lipinski definition) is 2. The molecule has 2 N–H and O–H groups in total. The average molecular weight is 171 g/mol. The quantitative estimate of drug-likeness (QED) is 0.660. The summed E-state index contributed by atoms with van der Waals surface area (Å²) in [4.78, 5) is 0. The summed E-state index contributed by atoms with van der Waals surface area (Å²) in [6.07, 6.45) is 3.56. The summed E-state index contributed by atoms with van der Waals surface area (Å²) in [6.45, 7) is 6.94. The van der Waals surface area contributed by atoms with Gasteiger partial charge in [0.15, 0.2) is 0 Å². The molecule has 2 nitrogen and oxygen atoms in total. The largest absolute Gasteiger partial charge is 0.396 e. The first kappa shape index (κ1) is 10.0. The molecule has 0 heterocycles. The molecule has 0 unspecified atom stereocenters. The molecule has 2 atom stereocenters. The summed E-state index contributed by atoms with van der Waals surface area (Å²) in [5.41, 5.74) is 0.217. The van der Waals surface area contributed by atoms with Crippen molar-refractivity contribution < 1.29 is 5.11 Å².